The SMILES string of the molecule is NC(CCl)=Nc1cc(F)ccc1C(=O)O. The van der Waals surface area contributed by atoms with Gasteiger partial charge in [-0.25, -0.2) is 14.2 Å². The molecule has 0 fully saturated rings. The standard InChI is InChI=1S/C9H8ClFN2O2/c10-4-8(12)13-7-3-5(11)1-2-6(7)9(14)15/h1-3H,4H2,(H2,12,13)(H,14,15). The Kier molecular flexibility index (Phi) is 3.62. The van der Waals surface area contributed by atoms with Gasteiger partial charge >= 0.3 is 5.97 Å². The summed E-state index contributed by atoms with van der Waals surface area (Å²) in [5.41, 5.74) is 5.16. The molecule has 6 heteroatoms. The third kappa shape index (κ3) is 2.92. The molecule has 0 spiro atoms. The molecule has 0 amide bonds. The van der Waals surface area contributed by atoms with Gasteiger partial charge in [0.05, 0.1) is 17.1 Å². The van der Waals surface area contributed by atoms with E-state index < -0.39 is 11.8 Å². The molecule has 1 rings (SSSR count). The van der Waals surface area contributed by atoms with Gasteiger partial charge in [-0.3, -0.25) is 0 Å². The number of hydrogen-bond donors (Lipinski definition) is 2. The number of hydrogen-bond acceptors (Lipinski definition) is 2. The number of rotatable bonds is 3. The lowest BCUT2D eigenvalue weighted by Gasteiger charge is -2.01. The van der Waals surface area contributed by atoms with Gasteiger partial charge in [0.25, 0.3) is 0 Å². The normalized spacial score (nSPS) is 11.5. The highest BCUT2D eigenvalue weighted by Gasteiger charge is 2.10. The van der Waals surface area contributed by atoms with Crippen LogP contribution in [0.2, 0.25) is 0 Å². The van der Waals surface area contributed by atoms with E-state index >= 15 is 0 Å². The smallest absolute Gasteiger partial charge is 0.337 e. The number of benzene rings is 1. The molecule has 0 unspecified atom stereocenters. The maximum absolute atomic E-state index is 12.8. The van der Waals surface area contributed by atoms with Crippen molar-refractivity contribution in [2.45, 2.75) is 0 Å². The van der Waals surface area contributed by atoms with Crippen LogP contribution < -0.4 is 5.73 Å². The van der Waals surface area contributed by atoms with E-state index in [0.29, 0.717) is 0 Å². The molecule has 0 radical (unpaired) electrons. The molecule has 0 aromatic heterocycles. The number of nitrogens with zero attached hydrogens (tertiary/aromatic N) is 1. The van der Waals surface area contributed by atoms with Crippen LogP contribution in [-0.2, 0) is 0 Å². The lowest BCUT2D eigenvalue weighted by molar-refractivity contribution is 0.0698. The maximum atomic E-state index is 12.8. The van der Waals surface area contributed by atoms with Gasteiger partial charge in [-0.2, -0.15) is 0 Å². The molecule has 15 heavy (non-hydrogen) atoms. The zero-order valence-electron chi connectivity index (χ0n) is 7.58. The summed E-state index contributed by atoms with van der Waals surface area (Å²) in [6.45, 7) is 0. The molecule has 0 aliphatic heterocycles. The lowest BCUT2D eigenvalue weighted by Crippen LogP contribution is -2.12. The fourth-order valence-electron chi connectivity index (χ4n) is 0.963. The minimum atomic E-state index is -1.20. The number of halogens is 2. The zero-order chi connectivity index (χ0) is 11.4. The molecular formula is C9H8ClFN2O2. The predicted molar refractivity (Wildman–Crippen MR) is 55.4 cm³/mol. The molecule has 0 aliphatic rings. The molecule has 0 aliphatic carbocycles. The van der Waals surface area contributed by atoms with Crippen molar-refractivity contribution < 1.29 is 14.3 Å². The number of aromatic carboxylic acids is 1. The van der Waals surface area contributed by atoms with Crippen LogP contribution in [0.1, 0.15) is 10.4 Å². The Morgan fingerprint density at radius 1 is 1.60 bits per heavy atom. The third-order valence-electron chi connectivity index (χ3n) is 1.59. The van der Waals surface area contributed by atoms with E-state index in [9.17, 15) is 9.18 Å². The molecule has 1 aromatic carbocycles. The summed E-state index contributed by atoms with van der Waals surface area (Å²) < 4.78 is 12.8. The Bertz CT molecular complexity index is 421. The molecule has 0 heterocycles. The Morgan fingerprint density at radius 2 is 2.27 bits per heavy atom. The van der Waals surface area contributed by atoms with Crippen molar-refractivity contribution in [2.24, 2.45) is 10.7 Å². The maximum Gasteiger partial charge on any atom is 0.337 e. The number of carbonyl (C=O) groups is 1. The first-order valence-electron chi connectivity index (χ1n) is 3.96. The molecule has 0 saturated carbocycles. The van der Waals surface area contributed by atoms with Crippen molar-refractivity contribution in [3.63, 3.8) is 0 Å². The van der Waals surface area contributed by atoms with E-state index in [0.717, 1.165) is 18.2 Å². The van der Waals surface area contributed by atoms with Gasteiger partial charge < -0.3 is 10.8 Å². The molecule has 4 nitrogen and oxygen atoms in total. The van der Waals surface area contributed by atoms with Gasteiger partial charge in [0, 0.05) is 6.07 Å². The second kappa shape index (κ2) is 4.75. The van der Waals surface area contributed by atoms with Gasteiger partial charge in [-0.15, -0.1) is 11.6 Å². The molecule has 0 saturated heterocycles. The summed E-state index contributed by atoms with van der Waals surface area (Å²) in [7, 11) is 0. The Balaban J connectivity index is 3.25. The zero-order valence-corrected chi connectivity index (χ0v) is 8.33. The number of alkyl halides is 1. The van der Waals surface area contributed by atoms with Gasteiger partial charge in [0.15, 0.2) is 0 Å². The van der Waals surface area contributed by atoms with Crippen LogP contribution in [0.25, 0.3) is 0 Å². The monoisotopic (exact) mass is 230 g/mol. The summed E-state index contributed by atoms with van der Waals surface area (Å²) in [6, 6.07) is 3.15. The van der Waals surface area contributed by atoms with Crippen molar-refractivity contribution in [3.8, 4) is 0 Å². The van der Waals surface area contributed by atoms with E-state index in [1.54, 1.807) is 0 Å². The summed E-state index contributed by atoms with van der Waals surface area (Å²) in [5, 5.41) is 8.78. The highest BCUT2D eigenvalue weighted by Crippen LogP contribution is 2.20. The molecule has 1 aromatic rings. The minimum absolute atomic E-state index is 0.0322. The van der Waals surface area contributed by atoms with Crippen molar-refractivity contribution >= 4 is 29.1 Å². The number of aliphatic imine (C=N–C) groups is 1. The first-order chi connectivity index (χ1) is 7.04. The minimum Gasteiger partial charge on any atom is -0.478 e. The fourth-order valence-corrected chi connectivity index (χ4v) is 1.02. The first kappa shape index (κ1) is 11.5. The Morgan fingerprint density at radius 3 is 2.80 bits per heavy atom. The highest BCUT2D eigenvalue weighted by atomic mass is 35.5. The lowest BCUT2D eigenvalue weighted by atomic mass is 10.2. The number of amidine groups is 1. The number of carboxylic acids is 1. The van der Waals surface area contributed by atoms with Crippen LogP contribution >= 0.6 is 11.6 Å². The summed E-state index contributed by atoms with van der Waals surface area (Å²) in [4.78, 5) is 14.4. The molecule has 0 bridgehead atoms. The van der Waals surface area contributed by atoms with Crippen LogP contribution in [0.15, 0.2) is 23.2 Å². The van der Waals surface area contributed by atoms with Crippen LogP contribution in [0.4, 0.5) is 10.1 Å². The molecule has 80 valence electrons. The summed E-state index contributed by atoms with van der Waals surface area (Å²) >= 11 is 5.38. The van der Waals surface area contributed by atoms with Gasteiger partial charge in [-0.05, 0) is 12.1 Å². The average molecular weight is 231 g/mol. The highest BCUT2D eigenvalue weighted by molar-refractivity contribution is 6.28. The molecule has 3 N–H and O–H groups in total. The van der Waals surface area contributed by atoms with Crippen molar-refractivity contribution in [3.05, 3.63) is 29.6 Å². The summed E-state index contributed by atoms with van der Waals surface area (Å²) in [6.07, 6.45) is 0. The van der Waals surface area contributed by atoms with Crippen LogP contribution in [-0.4, -0.2) is 22.8 Å². The van der Waals surface area contributed by atoms with E-state index in [1.165, 1.54) is 0 Å². The van der Waals surface area contributed by atoms with E-state index in [1.807, 2.05) is 0 Å². The van der Waals surface area contributed by atoms with Crippen LogP contribution in [0, 0.1) is 5.82 Å². The third-order valence-corrected chi connectivity index (χ3v) is 1.86. The molecule has 0 atom stereocenters. The van der Waals surface area contributed by atoms with Gasteiger partial charge in [0.1, 0.15) is 11.7 Å². The second-order valence-electron chi connectivity index (χ2n) is 2.70. The number of nitrogens with two attached hydrogens (primary N) is 1. The van der Waals surface area contributed by atoms with Gasteiger partial charge in [-0.1, -0.05) is 0 Å². The fraction of sp³-hybridized carbons (Fsp3) is 0.111. The van der Waals surface area contributed by atoms with Crippen molar-refractivity contribution in [1.29, 1.82) is 0 Å². The quantitative estimate of drug-likeness (QED) is 0.472. The topological polar surface area (TPSA) is 75.7 Å². The Hall–Kier alpha value is -1.62. The Labute approximate surface area is 90.2 Å². The van der Waals surface area contributed by atoms with Gasteiger partial charge in [0.2, 0.25) is 0 Å². The van der Waals surface area contributed by atoms with E-state index in [2.05, 4.69) is 4.99 Å². The number of carboxylic acid groups (broad SMARTS) is 1. The van der Waals surface area contributed by atoms with Crippen LogP contribution in [0.3, 0.4) is 0 Å². The average Bonchev–Trinajstić information content (AvgIpc) is 2.17. The van der Waals surface area contributed by atoms with E-state index in [-0.39, 0.29) is 23.0 Å². The first-order valence-corrected chi connectivity index (χ1v) is 4.50. The summed E-state index contributed by atoms with van der Waals surface area (Å²) in [5.74, 6) is -1.79. The largest absolute Gasteiger partial charge is 0.478 e. The second-order valence-corrected chi connectivity index (χ2v) is 2.97. The van der Waals surface area contributed by atoms with Crippen molar-refractivity contribution in [2.75, 3.05) is 5.88 Å². The molecular weight excluding hydrogens is 223 g/mol. The van der Waals surface area contributed by atoms with Crippen LogP contribution in [0.5, 0.6) is 0 Å². The van der Waals surface area contributed by atoms with Crippen molar-refractivity contribution in [1.82, 2.24) is 0 Å². The van der Waals surface area contributed by atoms with E-state index in [4.69, 9.17) is 22.4 Å². The predicted octanol–water partition coefficient (Wildman–Crippen LogP) is 1.75.